The number of methoxy groups -OCH3 is 1. The summed E-state index contributed by atoms with van der Waals surface area (Å²) < 4.78 is 4.87. The maximum Gasteiger partial charge on any atom is 0.253 e. The number of likely N-dealkylation sites (N-methyl/N-ethyl adjacent to an activating group) is 1. The maximum atomic E-state index is 12.4. The lowest BCUT2D eigenvalue weighted by Gasteiger charge is -2.21. The summed E-state index contributed by atoms with van der Waals surface area (Å²) in [5, 5.41) is 12.8. The lowest BCUT2D eigenvalue weighted by molar-refractivity contribution is 0.0380. The fourth-order valence-corrected chi connectivity index (χ4v) is 2.03. The van der Waals surface area contributed by atoms with E-state index in [1.54, 1.807) is 19.2 Å². The zero-order valence-corrected chi connectivity index (χ0v) is 13.2. The Labute approximate surface area is 126 Å². The molecule has 6 heteroatoms. The van der Waals surface area contributed by atoms with Crippen LogP contribution in [0.5, 0.6) is 0 Å². The van der Waals surface area contributed by atoms with Crippen molar-refractivity contribution >= 4 is 11.7 Å². The Morgan fingerprint density at radius 2 is 2.19 bits per heavy atom. The Balaban J connectivity index is 2.87. The first-order chi connectivity index (χ1) is 10.0. The number of aliphatic hydroxyl groups is 1. The Bertz CT molecular complexity index is 465. The van der Waals surface area contributed by atoms with E-state index in [-0.39, 0.29) is 19.1 Å². The predicted octanol–water partition coefficient (Wildman–Crippen LogP) is 1.16. The van der Waals surface area contributed by atoms with Gasteiger partial charge in [0.05, 0.1) is 12.7 Å². The van der Waals surface area contributed by atoms with Crippen molar-refractivity contribution in [1.29, 1.82) is 0 Å². The van der Waals surface area contributed by atoms with Gasteiger partial charge in [0.2, 0.25) is 0 Å². The molecule has 0 saturated carbocycles. The molecule has 21 heavy (non-hydrogen) atoms. The van der Waals surface area contributed by atoms with Gasteiger partial charge in [0.25, 0.3) is 5.91 Å². The third-order valence-electron chi connectivity index (χ3n) is 3.04. The topological polar surface area (TPSA) is 74.7 Å². The van der Waals surface area contributed by atoms with Crippen LogP contribution >= 0.6 is 0 Å². The Hall–Kier alpha value is -1.66. The highest BCUT2D eigenvalue weighted by Crippen LogP contribution is 2.13. The van der Waals surface area contributed by atoms with Crippen molar-refractivity contribution < 1.29 is 14.6 Å². The van der Waals surface area contributed by atoms with E-state index in [9.17, 15) is 9.90 Å². The number of aromatic nitrogens is 1. The highest BCUT2D eigenvalue weighted by molar-refractivity contribution is 5.94. The molecule has 0 saturated heterocycles. The molecule has 1 unspecified atom stereocenters. The minimum absolute atomic E-state index is 0.138. The van der Waals surface area contributed by atoms with Crippen LogP contribution in [0.3, 0.4) is 0 Å². The van der Waals surface area contributed by atoms with Crippen molar-refractivity contribution in [1.82, 2.24) is 9.88 Å². The standard InChI is InChI=1S/C15H25N3O3/c1-5-12-7-11(8-14(17-12)16-6-2)15(20)18(3)9-13(19)10-21-4/h7-8,13,19H,5-6,9-10H2,1-4H3,(H,16,17). The van der Waals surface area contributed by atoms with Crippen molar-refractivity contribution in [2.45, 2.75) is 26.4 Å². The molecule has 0 fully saturated rings. The third kappa shape index (κ3) is 5.32. The normalized spacial score (nSPS) is 12.0. The first kappa shape index (κ1) is 17.4. The monoisotopic (exact) mass is 295 g/mol. The quantitative estimate of drug-likeness (QED) is 0.752. The fraction of sp³-hybridized carbons (Fsp3) is 0.600. The zero-order chi connectivity index (χ0) is 15.8. The number of hydrogen-bond acceptors (Lipinski definition) is 5. The third-order valence-corrected chi connectivity index (χ3v) is 3.04. The molecule has 0 radical (unpaired) electrons. The largest absolute Gasteiger partial charge is 0.389 e. The molecular formula is C15H25N3O3. The van der Waals surface area contributed by atoms with Gasteiger partial charge < -0.3 is 20.1 Å². The van der Waals surface area contributed by atoms with E-state index in [1.165, 1.54) is 12.0 Å². The van der Waals surface area contributed by atoms with Crippen LogP contribution in [0.15, 0.2) is 12.1 Å². The van der Waals surface area contributed by atoms with E-state index in [0.717, 1.165) is 18.7 Å². The van der Waals surface area contributed by atoms with Crippen molar-refractivity contribution in [2.24, 2.45) is 0 Å². The second-order valence-corrected chi connectivity index (χ2v) is 4.91. The van der Waals surface area contributed by atoms with E-state index in [4.69, 9.17) is 4.74 Å². The Morgan fingerprint density at radius 3 is 2.76 bits per heavy atom. The molecule has 118 valence electrons. The molecule has 1 heterocycles. The molecule has 2 N–H and O–H groups in total. The van der Waals surface area contributed by atoms with Gasteiger partial charge in [-0.1, -0.05) is 6.92 Å². The van der Waals surface area contributed by atoms with E-state index >= 15 is 0 Å². The van der Waals surface area contributed by atoms with Crippen LogP contribution in [-0.2, 0) is 11.2 Å². The average Bonchev–Trinajstić information content (AvgIpc) is 2.46. The summed E-state index contributed by atoms with van der Waals surface area (Å²) in [4.78, 5) is 18.3. The summed E-state index contributed by atoms with van der Waals surface area (Å²) in [5.74, 6) is 0.562. The SMILES string of the molecule is CCNc1cc(C(=O)N(C)CC(O)COC)cc(CC)n1. The van der Waals surface area contributed by atoms with Gasteiger partial charge >= 0.3 is 0 Å². The minimum Gasteiger partial charge on any atom is -0.389 e. The number of pyridine rings is 1. The summed E-state index contributed by atoms with van der Waals surface area (Å²) in [6.45, 7) is 5.16. The van der Waals surface area contributed by atoms with E-state index in [0.29, 0.717) is 11.4 Å². The van der Waals surface area contributed by atoms with Crippen molar-refractivity contribution in [3.05, 3.63) is 23.4 Å². The Morgan fingerprint density at radius 1 is 1.48 bits per heavy atom. The molecule has 0 aliphatic rings. The molecule has 1 aromatic rings. The van der Waals surface area contributed by atoms with Gasteiger partial charge in [-0.25, -0.2) is 4.98 Å². The minimum atomic E-state index is -0.690. The highest BCUT2D eigenvalue weighted by Gasteiger charge is 2.17. The van der Waals surface area contributed by atoms with Crippen LogP contribution in [-0.4, -0.2) is 60.9 Å². The number of aryl methyl sites for hydroxylation is 1. The molecule has 1 atom stereocenters. The average molecular weight is 295 g/mol. The molecule has 1 aromatic heterocycles. The van der Waals surface area contributed by atoms with Crippen molar-refractivity contribution in [2.75, 3.05) is 39.2 Å². The van der Waals surface area contributed by atoms with Crippen LogP contribution in [0.1, 0.15) is 29.9 Å². The van der Waals surface area contributed by atoms with Crippen LogP contribution in [0.25, 0.3) is 0 Å². The highest BCUT2D eigenvalue weighted by atomic mass is 16.5. The number of hydrogen-bond donors (Lipinski definition) is 2. The van der Waals surface area contributed by atoms with Gasteiger partial charge in [-0.2, -0.15) is 0 Å². The number of aliphatic hydroxyl groups excluding tert-OH is 1. The molecule has 0 bridgehead atoms. The summed E-state index contributed by atoms with van der Waals surface area (Å²) in [6.07, 6.45) is 0.0693. The molecule has 0 spiro atoms. The summed E-state index contributed by atoms with van der Waals surface area (Å²) in [5.41, 5.74) is 1.44. The number of nitrogens with one attached hydrogen (secondary N) is 1. The molecule has 0 aliphatic heterocycles. The number of carbonyl (C=O) groups excluding carboxylic acids is 1. The predicted molar refractivity (Wildman–Crippen MR) is 82.6 cm³/mol. The molecular weight excluding hydrogens is 270 g/mol. The van der Waals surface area contributed by atoms with E-state index < -0.39 is 6.10 Å². The second-order valence-electron chi connectivity index (χ2n) is 4.91. The lowest BCUT2D eigenvalue weighted by atomic mass is 10.1. The number of nitrogens with zero attached hydrogens (tertiary/aromatic N) is 2. The smallest absolute Gasteiger partial charge is 0.253 e. The van der Waals surface area contributed by atoms with Crippen LogP contribution in [0.4, 0.5) is 5.82 Å². The van der Waals surface area contributed by atoms with Gasteiger partial charge in [-0.05, 0) is 25.5 Å². The maximum absolute atomic E-state index is 12.4. The summed E-state index contributed by atoms with van der Waals surface area (Å²) in [6, 6.07) is 3.53. The second kappa shape index (κ2) is 8.59. The lowest BCUT2D eigenvalue weighted by Crippen LogP contribution is -2.36. The van der Waals surface area contributed by atoms with Gasteiger partial charge in [0, 0.05) is 38.5 Å². The van der Waals surface area contributed by atoms with Crippen LogP contribution < -0.4 is 5.32 Å². The van der Waals surface area contributed by atoms with Crippen molar-refractivity contribution in [3.63, 3.8) is 0 Å². The summed E-state index contributed by atoms with van der Waals surface area (Å²) >= 11 is 0. The number of rotatable bonds is 8. The molecule has 6 nitrogen and oxygen atoms in total. The number of anilines is 1. The van der Waals surface area contributed by atoms with Gasteiger partial charge in [0.1, 0.15) is 5.82 Å². The molecule has 1 rings (SSSR count). The summed E-state index contributed by atoms with van der Waals surface area (Å²) in [7, 11) is 3.18. The van der Waals surface area contributed by atoms with Gasteiger partial charge in [-0.3, -0.25) is 4.79 Å². The van der Waals surface area contributed by atoms with Crippen LogP contribution in [0.2, 0.25) is 0 Å². The molecule has 0 aliphatic carbocycles. The molecule has 0 aromatic carbocycles. The van der Waals surface area contributed by atoms with Gasteiger partial charge in [0.15, 0.2) is 0 Å². The molecule has 1 amide bonds. The van der Waals surface area contributed by atoms with E-state index in [2.05, 4.69) is 10.3 Å². The first-order valence-electron chi connectivity index (χ1n) is 7.19. The van der Waals surface area contributed by atoms with Crippen LogP contribution in [0, 0.1) is 0 Å². The first-order valence-corrected chi connectivity index (χ1v) is 7.19. The van der Waals surface area contributed by atoms with Gasteiger partial charge in [-0.15, -0.1) is 0 Å². The number of amides is 1. The Kier molecular flexibility index (Phi) is 7.11. The van der Waals surface area contributed by atoms with Crippen molar-refractivity contribution in [3.8, 4) is 0 Å². The van der Waals surface area contributed by atoms with E-state index in [1.807, 2.05) is 13.8 Å². The zero-order valence-electron chi connectivity index (χ0n) is 13.2. The number of ether oxygens (including phenoxy) is 1. The fourth-order valence-electron chi connectivity index (χ4n) is 2.03. The number of carbonyl (C=O) groups is 1.